The highest BCUT2D eigenvalue weighted by molar-refractivity contribution is 7.07. The van der Waals surface area contributed by atoms with Crippen LogP contribution in [0.3, 0.4) is 0 Å². The second kappa shape index (κ2) is 9.90. The van der Waals surface area contributed by atoms with Crippen molar-refractivity contribution in [1.82, 2.24) is 9.88 Å². The smallest absolute Gasteiger partial charge is 0.254 e. The third-order valence-corrected chi connectivity index (χ3v) is 5.50. The average Bonchev–Trinajstić information content (AvgIpc) is 3.31. The Morgan fingerprint density at radius 3 is 2.60 bits per heavy atom. The summed E-state index contributed by atoms with van der Waals surface area (Å²) in [4.78, 5) is 19.2. The molecule has 0 saturated carbocycles. The van der Waals surface area contributed by atoms with Gasteiger partial charge in [0.15, 0.2) is 11.5 Å². The van der Waals surface area contributed by atoms with Gasteiger partial charge in [-0.25, -0.2) is 4.98 Å². The summed E-state index contributed by atoms with van der Waals surface area (Å²) in [7, 11) is 1.55. The van der Waals surface area contributed by atoms with Crippen LogP contribution in [0.1, 0.15) is 47.1 Å². The number of carbonyl (C=O) groups is 1. The number of aromatic nitrogens is 1. The lowest BCUT2D eigenvalue weighted by molar-refractivity contribution is 0.0702. The minimum atomic E-state index is -0.137. The highest BCUT2D eigenvalue weighted by Crippen LogP contribution is 2.30. The molecule has 3 rings (SSSR count). The lowest BCUT2D eigenvalue weighted by Crippen LogP contribution is -2.33. The topological polar surface area (TPSA) is 75.5 Å². The van der Waals surface area contributed by atoms with E-state index in [0.29, 0.717) is 35.8 Å². The molecule has 1 heterocycles. The molecule has 0 radical (unpaired) electrons. The molecule has 2 aromatic carbocycles. The molecule has 0 aliphatic heterocycles. The molecule has 0 fully saturated rings. The summed E-state index contributed by atoms with van der Waals surface area (Å²) in [5.41, 5.74) is 4.69. The van der Waals surface area contributed by atoms with Crippen LogP contribution < -0.4 is 9.47 Å². The standard InChI is InChI=1S/C23H23N3O3S/c1-4-26(16(2)18-7-5-17(12-24)6-8-18)23(27)19-9-10-21(22(11-19)28-3)29-13-20-14-30-15-25-20/h5-11,14-16H,4,13H2,1-3H3. The zero-order valence-electron chi connectivity index (χ0n) is 17.2. The Bertz CT molecular complexity index is 1030. The normalized spacial score (nSPS) is 11.4. The number of nitriles is 1. The number of thiazole rings is 1. The van der Waals surface area contributed by atoms with E-state index in [-0.39, 0.29) is 11.9 Å². The number of benzene rings is 2. The first-order valence-electron chi connectivity index (χ1n) is 9.56. The molecule has 6 nitrogen and oxygen atoms in total. The van der Waals surface area contributed by atoms with Crippen molar-refractivity contribution in [2.45, 2.75) is 26.5 Å². The molecule has 154 valence electrons. The second-order valence-corrected chi connectivity index (χ2v) is 7.35. The maximum Gasteiger partial charge on any atom is 0.254 e. The average molecular weight is 422 g/mol. The van der Waals surface area contributed by atoms with Crippen molar-refractivity contribution in [3.63, 3.8) is 0 Å². The predicted molar refractivity (Wildman–Crippen MR) is 116 cm³/mol. The monoisotopic (exact) mass is 421 g/mol. The molecule has 7 heteroatoms. The van der Waals surface area contributed by atoms with Gasteiger partial charge in [0.1, 0.15) is 6.61 Å². The largest absolute Gasteiger partial charge is 0.493 e. The van der Waals surface area contributed by atoms with Crippen molar-refractivity contribution >= 4 is 17.2 Å². The zero-order chi connectivity index (χ0) is 21.5. The molecular formula is C23H23N3O3S. The van der Waals surface area contributed by atoms with Gasteiger partial charge in [0.25, 0.3) is 5.91 Å². The SMILES string of the molecule is CCN(C(=O)c1ccc(OCc2cscn2)c(OC)c1)C(C)c1ccc(C#N)cc1. The predicted octanol–water partition coefficient (Wildman–Crippen LogP) is 4.83. The van der Waals surface area contributed by atoms with Crippen LogP contribution in [-0.2, 0) is 6.61 Å². The first kappa shape index (κ1) is 21.3. The molecular weight excluding hydrogens is 398 g/mol. The van der Waals surface area contributed by atoms with Crippen LogP contribution in [0.2, 0.25) is 0 Å². The van der Waals surface area contributed by atoms with Crippen LogP contribution in [0.5, 0.6) is 11.5 Å². The zero-order valence-corrected chi connectivity index (χ0v) is 18.0. The van der Waals surface area contributed by atoms with E-state index in [0.717, 1.165) is 11.3 Å². The quantitative estimate of drug-likeness (QED) is 0.521. The molecule has 0 N–H and O–H groups in total. The highest BCUT2D eigenvalue weighted by Gasteiger charge is 2.22. The van der Waals surface area contributed by atoms with Gasteiger partial charge in [-0.2, -0.15) is 5.26 Å². The van der Waals surface area contributed by atoms with Crippen molar-refractivity contribution in [3.8, 4) is 17.6 Å². The maximum absolute atomic E-state index is 13.2. The van der Waals surface area contributed by atoms with E-state index in [1.54, 1.807) is 47.9 Å². The number of hydrogen-bond donors (Lipinski definition) is 0. The molecule has 0 aliphatic carbocycles. The van der Waals surface area contributed by atoms with Gasteiger partial charge >= 0.3 is 0 Å². The molecule has 1 aromatic heterocycles. The van der Waals surface area contributed by atoms with Crippen LogP contribution in [-0.4, -0.2) is 29.4 Å². The van der Waals surface area contributed by atoms with E-state index in [4.69, 9.17) is 14.7 Å². The van der Waals surface area contributed by atoms with E-state index in [9.17, 15) is 4.79 Å². The Hall–Kier alpha value is -3.37. The molecule has 30 heavy (non-hydrogen) atoms. The number of hydrogen-bond acceptors (Lipinski definition) is 6. The Balaban J connectivity index is 1.78. The molecule has 1 unspecified atom stereocenters. The van der Waals surface area contributed by atoms with Gasteiger partial charge in [0.2, 0.25) is 0 Å². The first-order valence-corrected chi connectivity index (χ1v) is 10.5. The Morgan fingerprint density at radius 1 is 1.23 bits per heavy atom. The van der Waals surface area contributed by atoms with E-state index < -0.39 is 0 Å². The fraction of sp³-hybridized carbons (Fsp3) is 0.261. The molecule has 1 amide bonds. The van der Waals surface area contributed by atoms with Gasteiger partial charge in [-0.1, -0.05) is 12.1 Å². The Labute approximate surface area is 180 Å². The number of carbonyl (C=O) groups excluding carboxylic acids is 1. The summed E-state index contributed by atoms with van der Waals surface area (Å²) in [5, 5.41) is 10.9. The fourth-order valence-corrected chi connectivity index (χ4v) is 3.70. The molecule has 0 bridgehead atoms. The number of amides is 1. The lowest BCUT2D eigenvalue weighted by atomic mass is 10.0. The summed E-state index contributed by atoms with van der Waals surface area (Å²) in [6.45, 7) is 4.81. The van der Waals surface area contributed by atoms with Gasteiger partial charge in [0, 0.05) is 17.5 Å². The van der Waals surface area contributed by atoms with Crippen LogP contribution >= 0.6 is 11.3 Å². The van der Waals surface area contributed by atoms with Crippen LogP contribution in [0.25, 0.3) is 0 Å². The van der Waals surface area contributed by atoms with E-state index in [1.807, 2.05) is 31.4 Å². The van der Waals surface area contributed by atoms with Crippen molar-refractivity contribution in [1.29, 1.82) is 5.26 Å². The molecule has 0 aliphatic rings. The number of methoxy groups -OCH3 is 1. The molecule has 0 saturated heterocycles. The Kier molecular flexibility index (Phi) is 7.04. The van der Waals surface area contributed by atoms with Gasteiger partial charge in [-0.15, -0.1) is 11.3 Å². The minimum absolute atomic E-state index is 0.0984. The van der Waals surface area contributed by atoms with Crippen molar-refractivity contribution in [3.05, 3.63) is 75.7 Å². The Morgan fingerprint density at radius 2 is 2.00 bits per heavy atom. The fourth-order valence-electron chi connectivity index (χ4n) is 3.16. The molecule has 0 spiro atoms. The van der Waals surface area contributed by atoms with E-state index >= 15 is 0 Å². The first-order chi connectivity index (χ1) is 14.6. The van der Waals surface area contributed by atoms with Crippen molar-refractivity contribution in [2.24, 2.45) is 0 Å². The lowest BCUT2D eigenvalue weighted by Gasteiger charge is -2.29. The van der Waals surface area contributed by atoms with Gasteiger partial charge in [-0.3, -0.25) is 4.79 Å². The maximum atomic E-state index is 13.2. The van der Waals surface area contributed by atoms with Gasteiger partial charge in [-0.05, 0) is 49.7 Å². The van der Waals surface area contributed by atoms with E-state index in [2.05, 4.69) is 11.1 Å². The van der Waals surface area contributed by atoms with E-state index in [1.165, 1.54) is 11.3 Å². The van der Waals surface area contributed by atoms with Crippen LogP contribution in [0.15, 0.2) is 53.4 Å². The summed E-state index contributed by atoms with van der Waals surface area (Å²) >= 11 is 1.51. The summed E-state index contributed by atoms with van der Waals surface area (Å²) < 4.78 is 11.2. The number of nitrogens with zero attached hydrogens (tertiary/aromatic N) is 3. The van der Waals surface area contributed by atoms with Crippen LogP contribution in [0.4, 0.5) is 0 Å². The summed E-state index contributed by atoms with van der Waals surface area (Å²) in [6, 6.07) is 14.5. The third-order valence-electron chi connectivity index (χ3n) is 4.86. The van der Waals surface area contributed by atoms with Gasteiger partial charge in [0.05, 0.1) is 36.0 Å². The van der Waals surface area contributed by atoms with Crippen molar-refractivity contribution in [2.75, 3.05) is 13.7 Å². The van der Waals surface area contributed by atoms with Gasteiger partial charge < -0.3 is 14.4 Å². The summed E-state index contributed by atoms with van der Waals surface area (Å²) in [6.07, 6.45) is 0. The van der Waals surface area contributed by atoms with Crippen molar-refractivity contribution < 1.29 is 14.3 Å². The third kappa shape index (κ3) is 4.78. The second-order valence-electron chi connectivity index (χ2n) is 6.64. The summed E-state index contributed by atoms with van der Waals surface area (Å²) in [5.74, 6) is 0.960. The highest BCUT2D eigenvalue weighted by atomic mass is 32.1. The molecule has 3 aromatic rings. The molecule has 1 atom stereocenters. The number of rotatable bonds is 8. The van der Waals surface area contributed by atoms with Crippen LogP contribution in [0, 0.1) is 11.3 Å². The number of ether oxygens (including phenoxy) is 2. The minimum Gasteiger partial charge on any atom is -0.493 e.